The number of nitrogen functional groups attached to an aromatic ring is 1. The molecule has 2 aliphatic rings. The molecule has 5 nitrogen and oxygen atoms in total. The lowest BCUT2D eigenvalue weighted by atomic mass is 10.1. The lowest BCUT2D eigenvalue weighted by Crippen LogP contribution is -2.41. The van der Waals surface area contributed by atoms with Crippen molar-refractivity contribution >= 4 is 11.6 Å². The number of nitrogens with zero attached hydrogens (tertiary/aromatic N) is 4. The summed E-state index contributed by atoms with van der Waals surface area (Å²) in [4.78, 5) is 14.1. The Balaban J connectivity index is 1.70. The van der Waals surface area contributed by atoms with Crippen LogP contribution >= 0.6 is 0 Å². The molecule has 3 rings (SSSR count). The summed E-state index contributed by atoms with van der Waals surface area (Å²) in [6, 6.07) is 2.61. The van der Waals surface area contributed by atoms with Crippen molar-refractivity contribution in [2.75, 3.05) is 36.8 Å². The van der Waals surface area contributed by atoms with Gasteiger partial charge in [-0.05, 0) is 32.4 Å². The molecule has 0 aromatic carbocycles. The minimum absolute atomic E-state index is 0.313. The number of aromatic nitrogens is 2. The summed E-state index contributed by atoms with van der Waals surface area (Å²) in [5, 5.41) is 0. The summed E-state index contributed by atoms with van der Waals surface area (Å²) in [6.07, 6.45) is 5.34. The molecule has 0 amide bonds. The van der Waals surface area contributed by atoms with Gasteiger partial charge in [-0.2, -0.15) is 0 Å². The van der Waals surface area contributed by atoms with Gasteiger partial charge in [0.2, 0.25) is 0 Å². The molecule has 0 aliphatic carbocycles. The molecule has 1 aromatic rings. The van der Waals surface area contributed by atoms with Crippen molar-refractivity contribution in [1.29, 1.82) is 0 Å². The fourth-order valence-electron chi connectivity index (χ4n) is 3.42. The highest BCUT2D eigenvalue weighted by atomic mass is 15.3. The number of rotatable bonds is 3. The Labute approximate surface area is 127 Å². The van der Waals surface area contributed by atoms with E-state index in [0.717, 1.165) is 24.7 Å². The van der Waals surface area contributed by atoms with E-state index in [1.54, 1.807) is 0 Å². The van der Waals surface area contributed by atoms with Crippen LogP contribution in [0.4, 0.5) is 11.6 Å². The molecule has 2 fully saturated rings. The third-order valence-electron chi connectivity index (χ3n) is 4.66. The lowest BCUT2D eigenvalue weighted by molar-refractivity contribution is 0.175. The summed E-state index contributed by atoms with van der Waals surface area (Å²) < 4.78 is 0. The van der Waals surface area contributed by atoms with Gasteiger partial charge in [0.25, 0.3) is 0 Å². The number of nitrogens with two attached hydrogens (primary N) is 1. The van der Waals surface area contributed by atoms with Gasteiger partial charge in [0.05, 0.1) is 0 Å². The number of piperidine rings is 1. The van der Waals surface area contributed by atoms with Crippen molar-refractivity contribution < 1.29 is 0 Å². The van der Waals surface area contributed by atoms with Crippen molar-refractivity contribution in [2.45, 2.75) is 51.5 Å². The highest BCUT2D eigenvalue weighted by molar-refractivity contribution is 5.48. The van der Waals surface area contributed by atoms with Crippen LogP contribution in [0.15, 0.2) is 6.07 Å². The molecule has 1 unspecified atom stereocenters. The molecule has 21 heavy (non-hydrogen) atoms. The zero-order chi connectivity index (χ0) is 14.8. The monoisotopic (exact) mass is 289 g/mol. The zero-order valence-electron chi connectivity index (χ0n) is 13.3. The van der Waals surface area contributed by atoms with Crippen LogP contribution < -0.4 is 10.6 Å². The second-order valence-corrected chi connectivity index (χ2v) is 6.65. The maximum atomic E-state index is 5.95. The number of hydrogen-bond donors (Lipinski definition) is 1. The molecule has 1 atom stereocenters. The first-order chi connectivity index (χ1) is 10.1. The normalized spacial score (nSPS) is 24.0. The topological polar surface area (TPSA) is 58.3 Å². The van der Waals surface area contributed by atoms with Gasteiger partial charge < -0.3 is 10.6 Å². The smallest absolute Gasteiger partial charge is 0.135 e. The van der Waals surface area contributed by atoms with Gasteiger partial charge in [0.1, 0.15) is 17.5 Å². The second kappa shape index (κ2) is 6.18. The third-order valence-corrected chi connectivity index (χ3v) is 4.66. The minimum Gasteiger partial charge on any atom is -0.384 e. The SMILES string of the molecule is CC(C)c1nc(N)cc(N2CCC(N3CCCCC3)C2)n1. The van der Waals surface area contributed by atoms with Crippen molar-refractivity contribution in [3.63, 3.8) is 0 Å². The van der Waals surface area contributed by atoms with Crippen molar-refractivity contribution in [3.05, 3.63) is 11.9 Å². The molecule has 2 N–H and O–H groups in total. The minimum atomic E-state index is 0.313. The molecule has 5 heteroatoms. The second-order valence-electron chi connectivity index (χ2n) is 6.65. The average Bonchev–Trinajstić information content (AvgIpc) is 2.97. The summed E-state index contributed by atoms with van der Waals surface area (Å²) in [5.74, 6) is 2.76. The fraction of sp³-hybridized carbons (Fsp3) is 0.750. The average molecular weight is 289 g/mol. The standard InChI is InChI=1S/C16H27N5/c1-12(2)16-18-14(17)10-15(19-16)21-9-6-13(11-21)20-7-4-3-5-8-20/h10,12-13H,3-9,11H2,1-2H3,(H2,17,18,19). The predicted octanol–water partition coefficient (Wildman–Crippen LogP) is 2.25. The molecule has 1 aromatic heterocycles. The Morgan fingerprint density at radius 1 is 1.14 bits per heavy atom. The van der Waals surface area contributed by atoms with Gasteiger partial charge in [0, 0.05) is 31.1 Å². The Morgan fingerprint density at radius 3 is 2.62 bits per heavy atom. The molecule has 2 aliphatic heterocycles. The van der Waals surface area contributed by atoms with Gasteiger partial charge >= 0.3 is 0 Å². The summed E-state index contributed by atoms with van der Waals surface area (Å²) in [5.41, 5.74) is 5.95. The Hall–Kier alpha value is -1.36. The fourth-order valence-corrected chi connectivity index (χ4v) is 3.42. The summed E-state index contributed by atoms with van der Waals surface area (Å²) in [6.45, 7) is 8.91. The first-order valence-corrected chi connectivity index (χ1v) is 8.27. The van der Waals surface area contributed by atoms with Gasteiger partial charge in [-0.25, -0.2) is 9.97 Å². The van der Waals surface area contributed by atoms with Gasteiger partial charge in [0.15, 0.2) is 0 Å². The van der Waals surface area contributed by atoms with E-state index in [1.807, 2.05) is 6.07 Å². The zero-order valence-corrected chi connectivity index (χ0v) is 13.3. The molecule has 116 valence electrons. The predicted molar refractivity (Wildman–Crippen MR) is 86.6 cm³/mol. The Bertz CT molecular complexity index is 482. The quantitative estimate of drug-likeness (QED) is 0.925. The van der Waals surface area contributed by atoms with E-state index in [2.05, 4.69) is 28.6 Å². The third kappa shape index (κ3) is 3.28. The molecule has 0 bridgehead atoms. The van der Waals surface area contributed by atoms with Crippen LogP contribution in [-0.4, -0.2) is 47.1 Å². The Morgan fingerprint density at radius 2 is 1.90 bits per heavy atom. The molecular weight excluding hydrogens is 262 g/mol. The highest BCUT2D eigenvalue weighted by Gasteiger charge is 2.29. The first kappa shape index (κ1) is 14.6. The van der Waals surface area contributed by atoms with Crippen molar-refractivity contribution in [3.8, 4) is 0 Å². The highest BCUT2D eigenvalue weighted by Crippen LogP contribution is 2.25. The van der Waals surface area contributed by atoms with E-state index in [9.17, 15) is 0 Å². The molecule has 0 radical (unpaired) electrons. The van der Waals surface area contributed by atoms with Crippen LogP contribution in [0.2, 0.25) is 0 Å². The van der Waals surface area contributed by atoms with Crippen LogP contribution in [0, 0.1) is 0 Å². The van der Waals surface area contributed by atoms with Crippen LogP contribution in [0.5, 0.6) is 0 Å². The van der Waals surface area contributed by atoms with E-state index in [4.69, 9.17) is 10.7 Å². The van der Waals surface area contributed by atoms with Crippen LogP contribution in [0.3, 0.4) is 0 Å². The van der Waals surface area contributed by atoms with Crippen LogP contribution in [0.25, 0.3) is 0 Å². The van der Waals surface area contributed by atoms with Crippen LogP contribution in [-0.2, 0) is 0 Å². The number of anilines is 2. The van der Waals surface area contributed by atoms with E-state index in [-0.39, 0.29) is 0 Å². The van der Waals surface area contributed by atoms with E-state index < -0.39 is 0 Å². The van der Waals surface area contributed by atoms with Crippen molar-refractivity contribution in [2.24, 2.45) is 0 Å². The van der Waals surface area contributed by atoms with E-state index in [1.165, 1.54) is 38.8 Å². The summed E-state index contributed by atoms with van der Waals surface area (Å²) >= 11 is 0. The maximum absolute atomic E-state index is 5.95. The van der Waals surface area contributed by atoms with Gasteiger partial charge in [-0.3, -0.25) is 4.90 Å². The molecule has 2 saturated heterocycles. The van der Waals surface area contributed by atoms with Gasteiger partial charge in [-0.15, -0.1) is 0 Å². The maximum Gasteiger partial charge on any atom is 0.135 e. The number of hydrogen-bond acceptors (Lipinski definition) is 5. The van der Waals surface area contributed by atoms with Crippen molar-refractivity contribution in [1.82, 2.24) is 14.9 Å². The van der Waals surface area contributed by atoms with Crippen LogP contribution in [0.1, 0.15) is 51.3 Å². The van der Waals surface area contributed by atoms with E-state index >= 15 is 0 Å². The number of likely N-dealkylation sites (tertiary alicyclic amines) is 1. The Kier molecular flexibility index (Phi) is 4.29. The molecule has 0 saturated carbocycles. The lowest BCUT2D eigenvalue weighted by Gasteiger charge is -2.32. The van der Waals surface area contributed by atoms with Gasteiger partial charge in [-0.1, -0.05) is 20.3 Å². The first-order valence-electron chi connectivity index (χ1n) is 8.27. The molecule has 0 spiro atoms. The molecule has 3 heterocycles. The van der Waals surface area contributed by atoms with E-state index in [0.29, 0.717) is 17.8 Å². The summed E-state index contributed by atoms with van der Waals surface area (Å²) in [7, 11) is 0. The molecular formula is C16H27N5. The largest absolute Gasteiger partial charge is 0.384 e.